The number of pyridine rings is 1. The predicted molar refractivity (Wildman–Crippen MR) is 122 cm³/mol. The van der Waals surface area contributed by atoms with Crippen LogP contribution in [0.15, 0.2) is 54.7 Å². The van der Waals surface area contributed by atoms with Gasteiger partial charge in [-0.05, 0) is 67.1 Å². The van der Waals surface area contributed by atoms with E-state index in [1.54, 1.807) is 30.5 Å². The Hall–Kier alpha value is -2.70. The van der Waals surface area contributed by atoms with Gasteiger partial charge in [0.2, 0.25) is 0 Å². The van der Waals surface area contributed by atoms with Crippen molar-refractivity contribution in [3.05, 3.63) is 76.9 Å². The molecule has 1 aromatic heterocycles. The van der Waals surface area contributed by atoms with E-state index in [-0.39, 0.29) is 17.7 Å². The van der Waals surface area contributed by atoms with Crippen LogP contribution in [0.3, 0.4) is 0 Å². The number of anilines is 2. The molecule has 0 bridgehead atoms. The lowest BCUT2D eigenvalue weighted by Crippen LogP contribution is -2.33. The van der Waals surface area contributed by atoms with Gasteiger partial charge in [0.15, 0.2) is 0 Å². The minimum absolute atomic E-state index is 0.282. The first kappa shape index (κ1) is 21.5. The standard InChI is InChI=1S/C24H25ClF2N4/c25-21-14-30-24(31-19-7-5-18(28)6-8-19)12-20(21)16-4-9-22(27)23(11-16)29-13-15-2-1-3-17(26)10-15/h1-4,9-12,14,18-19,29H,5-8,13,28H2,(H,30,31)/t18-,19-. The Morgan fingerprint density at radius 3 is 2.61 bits per heavy atom. The van der Waals surface area contributed by atoms with Gasteiger partial charge in [-0.1, -0.05) is 29.8 Å². The summed E-state index contributed by atoms with van der Waals surface area (Å²) in [6.07, 6.45) is 5.61. The van der Waals surface area contributed by atoms with Crippen molar-refractivity contribution in [1.82, 2.24) is 4.98 Å². The number of rotatable bonds is 6. The van der Waals surface area contributed by atoms with Gasteiger partial charge in [0.1, 0.15) is 17.5 Å². The van der Waals surface area contributed by atoms with E-state index in [1.807, 2.05) is 6.07 Å². The van der Waals surface area contributed by atoms with Gasteiger partial charge < -0.3 is 16.4 Å². The molecule has 1 fully saturated rings. The molecule has 0 radical (unpaired) electrons. The van der Waals surface area contributed by atoms with Gasteiger partial charge >= 0.3 is 0 Å². The molecular formula is C24H25ClF2N4. The predicted octanol–water partition coefficient (Wildman–Crippen LogP) is 5.97. The summed E-state index contributed by atoms with van der Waals surface area (Å²) in [5.74, 6) is 0.0257. The van der Waals surface area contributed by atoms with Crippen molar-refractivity contribution in [3.8, 4) is 11.1 Å². The molecule has 0 saturated heterocycles. The summed E-state index contributed by atoms with van der Waals surface area (Å²) < 4.78 is 27.8. The van der Waals surface area contributed by atoms with Crippen molar-refractivity contribution >= 4 is 23.1 Å². The molecule has 0 atom stereocenters. The third-order valence-electron chi connectivity index (χ3n) is 5.63. The largest absolute Gasteiger partial charge is 0.379 e. The molecule has 1 heterocycles. The summed E-state index contributed by atoms with van der Waals surface area (Å²) >= 11 is 6.41. The van der Waals surface area contributed by atoms with Crippen LogP contribution < -0.4 is 16.4 Å². The van der Waals surface area contributed by atoms with Crippen LogP contribution in [0, 0.1) is 11.6 Å². The second kappa shape index (κ2) is 9.62. The second-order valence-electron chi connectivity index (χ2n) is 7.98. The van der Waals surface area contributed by atoms with E-state index < -0.39 is 0 Å². The third kappa shape index (κ3) is 5.51. The third-order valence-corrected chi connectivity index (χ3v) is 5.93. The van der Waals surface area contributed by atoms with Crippen molar-refractivity contribution in [3.63, 3.8) is 0 Å². The quantitative estimate of drug-likeness (QED) is 0.439. The van der Waals surface area contributed by atoms with Crippen LogP contribution in [0.5, 0.6) is 0 Å². The lowest BCUT2D eigenvalue weighted by Gasteiger charge is -2.27. The highest BCUT2D eigenvalue weighted by molar-refractivity contribution is 6.33. The molecule has 2 aromatic carbocycles. The maximum absolute atomic E-state index is 14.4. The van der Waals surface area contributed by atoms with Crippen LogP contribution in [0.1, 0.15) is 31.2 Å². The number of hydrogen-bond donors (Lipinski definition) is 3. The highest BCUT2D eigenvalue weighted by Gasteiger charge is 2.19. The molecule has 0 aliphatic heterocycles. The molecule has 162 valence electrons. The molecule has 31 heavy (non-hydrogen) atoms. The topological polar surface area (TPSA) is 63.0 Å². The van der Waals surface area contributed by atoms with Crippen molar-refractivity contribution in [2.75, 3.05) is 10.6 Å². The van der Waals surface area contributed by atoms with Gasteiger partial charge in [-0.3, -0.25) is 0 Å². The molecule has 1 saturated carbocycles. The smallest absolute Gasteiger partial charge is 0.146 e. The maximum atomic E-state index is 14.4. The normalized spacial score (nSPS) is 18.6. The summed E-state index contributed by atoms with van der Waals surface area (Å²) in [5.41, 5.74) is 8.57. The first-order valence-corrected chi connectivity index (χ1v) is 10.8. The average molecular weight is 443 g/mol. The zero-order valence-corrected chi connectivity index (χ0v) is 17.8. The van der Waals surface area contributed by atoms with Gasteiger partial charge in [0.25, 0.3) is 0 Å². The van der Waals surface area contributed by atoms with Crippen LogP contribution in [0.2, 0.25) is 5.02 Å². The molecule has 4 nitrogen and oxygen atoms in total. The Morgan fingerprint density at radius 2 is 1.84 bits per heavy atom. The van der Waals surface area contributed by atoms with Crippen LogP contribution >= 0.6 is 11.6 Å². The second-order valence-corrected chi connectivity index (χ2v) is 8.39. The molecule has 0 unspecified atom stereocenters. The molecular weight excluding hydrogens is 418 g/mol. The highest BCUT2D eigenvalue weighted by Crippen LogP contribution is 2.33. The van der Waals surface area contributed by atoms with Crippen LogP contribution in [0.4, 0.5) is 20.3 Å². The molecule has 4 rings (SSSR count). The Morgan fingerprint density at radius 1 is 1.03 bits per heavy atom. The van der Waals surface area contributed by atoms with E-state index in [1.165, 1.54) is 18.2 Å². The Bertz CT molecular complexity index is 1050. The average Bonchev–Trinajstić information content (AvgIpc) is 2.76. The maximum Gasteiger partial charge on any atom is 0.146 e. The van der Waals surface area contributed by atoms with E-state index >= 15 is 0 Å². The number of hydrogen-bond acceptors (Lipinski definition) is 4. The molecule has 7 heteroatoms. The number of nitrogens with zero attached hydrogens (tertiary/aromatic N) is 1. The van der Waals surface area contributed by atoms with Gasteiger partial charge in [-0.15, -0.1) is 0 Å². The number of benzene rings is 2. The fourth-order valence-electron chi connectivity index (χ4n) is 3.88. The lowest BCUT2D eigenvalue weighted by atomic mass is 9.92. The molecule has 1 aliphatic rings. The van der Waals surface area contributed by atoms with Crippen molar-refractivity contribution in [1.29, 1.82) is 0 Å². The molecule has 3 aromatic rings. The first-order chi connectivity index (χ1) is 15.0. The van der Waals surface area contributed by atoms with E-state index in [2.05, 4.69) is 15.6 Å². The zero-order chi connectivity index (χ0) is 21.8. The SMILES string of the molecule is N[C@H]1CC[C@H](Nc2cc(-c3ccc(F)c(NCc4cccc(F)c4)c3)c(Cl)cn2)CC1. The summed E-state index contributed by atoms with van der Waals surface area (Å²) in [4.78, 5) is 4.40. The molecule has 1 aliphatic carbocycles. The molecule has 0 spiro atoms. The van der Waals surface area contributed by atoms with Crippen molar-refractivity contribution in [2.45, 2.75) is 44.3 Å². The van der Waals surface area contributed by atoms with E-state index in [0.717, 1.165) is 48.2 Å². The lowest BCUT2D eigenvalue weighted by molar-refractivity contribution is 0.410. The molecule has 4 N–H and O–H groups in total. The van der Waals surface area contributed by atoms with E-state index in [0.29, 0.717) is 23.3 Å². The fraction of sp³-hybridized carbons (Fsp3) is 0.292. The van der Waals surface area contributed by atoms with Crippen molar-refractivity contribution in [2.24, 2.45) is 5.73 Å². The van der Waals surface area contributed by atoms with E-state index in [4.69, 9.17) is 17.3 Å². The highest BCUT2D eigenvalue weighted by atomic mass is 35.5. The summed E-state index contributed by atoms with van der Waals surface area (Å²) in [5, 5.41) is 6.99. The number of halogens is 3. The Kier molecular flexibility index (Phi) is 6.68. The minimum Gasteiger partial charge on any atom is -0.379 e. The van der Waals surface area contributed by atoms with Crippen LogP contribution in [-0.2, 0) is 6.54 Å². The minimum atomic E-state index is -0.387. The van der Waals surface area contributed by atoms with E-state index in [9.17, 15) is 8.78 Å². The van der Waals surface area contributed by atoms with Gasteiger partial charge in [0.05, 0.1) is 10.7 Å². The van der Waals surface area contributed by atoms with Gasteiger partial charge in [-0.2, -0.15) is 0 Å². The summed E-state index contributed by atoms with van der Waals surface area (Å²) in [6, 6.07) is 13.5. The van der Waals surface area contributed by atoms with Gasteiger partial charge in [-0.25, -0.2) is 13.8 Å². The summed E-state index contributed by atoms with van der Waals surface area (Å²) in [7, 11) is 0. The number of nitrogens with one attached hydrogen (secondary N) is 2. The first-order valence-electron chi connectivity index (χ1n) is 10.4. The number of nitrogens with two attached hydrogens (primary N) is 1. The van der Waals surface area contributed by atoms with Crippen LogP contribution in [0.25, 0.3) is 11.1 Å². The zero-order valence-electron chi connectivity index (χ0n) is 17.0. The summed E-state index contributed by atoms with van der Waals surface area (Å²) in [6.45, 7) is 0.304. The molecule has 0 amide bonds. The Balaban J connectivity index is 1.52. The monoisotopic (exact) mass is 442 g/mol. The number of aromatic nitrogens is 1. The van der Waals surface area contributed by atoms with Crippen molar-refractivity contribution < 1.29 is 8.78 Å². The Labute approximate surface area is 185 Å². The van der Waals surface area contributed by atoms with Gasteiger partial charge in [0, 0.05) is 30.4 Å². The van der Waals surface area contributed by atoms with Crippen LogP contribution in [-0.4, -0.2) is 17.1 Å². The fourth-order valence-corrected chi connectivity index (χ4v) is 4.10.